The summed E-state index contributed by atoms with van der Waals surface area (Å²) in [6, 6.07) is 0. The zero-order chi connectivity index (χ0) is 30.2. The minimum atomic E-state index is -5.38. The second kappa shape index (κ2) is 9.96. The maximum Gasteiger partial charge on any atom is 0.415 e. The summed E-state index contributed by atoms with van der Waals surface area (Å²) in [5.41, 5.74) is -3.38. The standard InChI is InChI=1S/C18H3B11F3NO5S/c19-4-1(5(20)9(24)3(8(4)23)18(30,31)32)14-13(34)15(16(33)37-14)38-39(35,36)17(28,29)2-6(21)10(25)12(27)11(26)7(2)22/h14H,33H2. The van der Waals surface area contributed by atoms with E-state index in [0.29, 0.717) is 0 Å². The Labute approximate surface area is 237 Å². The molecule has 170 valence electrons. The van der Waals surface area contributed by atoms with Gasteiger partial charge in [-0.1, -0.05) is 27.4 Å². The highest BCUT2D eigenvalue weighted by molar-refractivity contribution is 7.90. The van der Waals surface area contributed by atoms with Gasteiger partial charge in [-0.3, -0.25) is 4.79 Å². The lowest BCUT2D eigenvalue weighted by molar-refractivity contribution is -0.135. The van der Waals surface area contributed by atoms with Crippen molar-refractivity contribution in [2.45, 2.75) is 16.8 Å². The molecular formula is C18H3B11F3NO5S. The molecule has 1 aliphatic rings. The summed E-state index contributed by atoms with van der Waals surface area (Å²) in [5.74, 6) is -3.57. The van der Waals surface area contributed by atoms with Crippen LogP contribution in [0.1, 0.15) is 22.8 Å². The zero-order valence-corrected chi connectivity index (χ0v) is 20.4. The molecule has 1 heterocycles. The number of carbonyl (C=O) groups is 1. The number of nitrogens with two attached hydrogens (primary N) is 1. The number of benzene rings is 2. The second-order valence-corrected chi connectivity index (χ2v) is 10.0. The first-order valence-electron chi connectivity index (χ1n) is 10.2. The van der Waals surface area contributed by atoms with Gasteiger partial charge in [0.25, 0.3) is 0 Å². The molecule has 0 aromatic heterocycles. The molecule has 2 aromatic rings. The van der Waals surface area contributed by atoms with Crippen molar-refractivity contribution in [3.8, 4) is 0 Å². The van der Waals surface area contributed by atoms with Gasteiger partial charge in [-0.2, -0.15) is 21.6 Å². The third kappa shape index (κ3) is 4.82. The highest BCUT2D eigenvalue weighted by atomic mass is 32.2. The second-order valence-electron chi connectivity index (χ2n) is 8.27. The molecule has 0 aliphatic carbocycles. The molecule has 6 nitrogen and oxygen atoms in total. The normalized spacial score (nSPS) is 16.4. The Kier molecular flexibility index (Phi) is 7.98. The summed E-state index contributed by atoms with van der Waals surface area (Å²) >= 11 is 0. The van der Waals surface area contributed by atoms with Crippen LogP contribution in [-0.2, 0) is 34.6 Å². The average Bonchev–Trinajstić information content (AvgIpc) is 3.07. The van der Waals surface area contributed by atoms with E-state index >= 15 is 0 Å². The Balaban J connectivity index is 2.08. The third-order valence-electron chi connectivity index (χ3n) is 5.87. The molecule has 39 heavy (non-hydrogen) atoms. The van der Waals surface area contributed by atoms with Gasteiger partial charge in [0, 0.05) is 5.56 Å². The minimum Gasteiger partial charge on any atom is -0.460 e. The lowest BCUT2D eigenvalue weighted by Crippen LogP contribution is -2.60. The van der Waals surface area contributed by atoms with Gasteiger partial charge in [-0.15, -0.1) is 27.3 Å². The number of alkyl halides is 3. The summed E-state index contributed by atoms with van der Waals surface area (Å²) in [7, 11) is 57.5. The van der Waals surface area contributed by atoms with E-state index < -0.39 is 105 Å². The third-order valence-corrected chi connectivity index (χ3v) is 7.29. The fraction of sp³-hybridized carbons (Fsp3) is 0.167. The number of ether oxygens (including phenoxy) is 1. The number of Topliss-reactive ketones (excluding diaryl/α,β-unsaturated/α-hetero) is 1. The maximum absolute atomic E-state index is 13.4. The number of ketones is 1. The van der Waals surface area contributed by atoms with E-state index in [0.717, 1.165) is 0 Å². The van der Waals surface area contributed by atoms with Crippen molar-refractivity contribution in [2.24, 2.45) is 5.73 Å². The average molecular weight is 521 g/mol. The lowest BCUT2D eigenvalue weighted by Gasteiger charge is -2.33. The Bertz CT molecular complexity index is 1520. The predicted octanol–water partition coefficient (Wildman–Crippen LogP) is -8.89. The first kappa shape index (κ1) is 31.2. The summed E-state index contributed by atoms with van der Waals surface area (Å²) < 4.78 is 73.2. The minimum absolute atomic E-state index is 0.290. The Morgan fingerprint density at radius 1 is 0.718 bits per heavy atom. The smallest absolute Gasteiger partial charge is 0.415 e. The molecule has 2 aromatic carbocycles. The van der Waals surface area contributed by atoms with Crippen LogP contribution in [0.25, 0.3) is 0 Å². The van der Waals surface area contributed by atoms with Gasteiger partial charge in [0.1, 0.15) is 70.6 Å². The highest BCUT2D eigenvalue weighted by Gasteiger charge is 2.46. The molecule has 0 fully saturated rings. The number of rotatable bonds is 5. The van der Waals surface area contributed by atoms with Crippen LogP contribution in [0, 0.1) is 0 Å². The topological polar surface area (TPSA) is 95.7 Å². The largest absolute Gasteiger partial charge is 0.460 e. The van der Waals surface area contributed by atoms with E-state index in [9.17, 15) is 26.4 Å². The Morgan fingerprint density at radius 3 is 1.51 bits per heavy atom. The van der Waals surface area contributed by atoms with Crippen LogP contribution >= 0.6 is 0 Å². The molecule has 0 bridgehead atoms. The van der Waals surface area contributed by atoms with Crippen molar-refractivity contribution < 1.29 is 35.3 Å². The zero-order valence-electron chi connectivity index (χ0n) is 19.6. The molecule has 1 atom stereocenters. The summed E-state index contributed by atoms with van der Waals surface area (Å²) in [4.78, 5) is 13.1. The van der Waals surface area contributed by atoms with E-state index in [2.05, 4.69) is 0 Å². The molecule has 21 heteroatoms. The Morgan fingerprint density at radius 2 is 1.10 bits per heavy atom. The van der Waals surface area contributed by atoms with Crippen LogP contribution in [0.2, 0.25) is 0 Å². The quantitative estimate of drug-likeness (QED) is 0.311. The monoisotopic (exact) mass is 523 g/mol. The fourth-order valence-corrected chi connectivity index (χ4v) is 4.75. The first-order chi connectivity index (χ1) is 17.6. The fourth-order valence-electron chi connectivity index (χ4n) is 3.76. The highest BCUT2D eigenvalue weighted by Crippen LogP contribution is 2.34. The van der Waals surface area contributed by atoms with Gasteiger partial charge in [0.05, 0.1) is 20.2 Å². The van der Waals surface area contributed by atoms with Gasteiger partial charge >= 0.3 is 16.3 Å². The van der Waals surface area contributed by atoms with Crippen LogP contribution in [-0.4, -0.2) is 101 Å². The van der Waals surface area contributed by atoms with Crippen molar-refractivity contribution in [3.63, 3.8) is 0 Å². The number of hydrogen-bond acceptors (Lipinski definition) is 6. The van der Waals surface area contributed by atoms with Gasteiger partial charge < -0.3 is 14.7 Å². The summed E-state index contributed by atoms with van der Waals surface area (Å²) in [5, 5.41) is 0. The van der Waals surface area contributed by atoms with Crippen molar-refractivity contribution in [2.75, 3.05) is 0 Å². The van der Waals surface area contributed by atoms with Crippen molar-refractivity contribution >= 4 is 151 Å². The van der Waals surface area contributed by atoms with Crippen LogP contribution in [0.5, 0.6) is 0 Å². The van der Waals surface area contributed by atoms with E-state index in [1.54, 1.807) is 0 Å². The van der Waals surface area contributed by atoms with Gasteiger partial charge in [0.15, 0.2) is 6.10 Å². The predicted molar refractivity (Wildman–Crippen MR) is 150 cm³/mol. The Hall–Kier alpha value is -2.30. The molecule has 22 radical (unpaired) electrons. The molecule has 0 spiro atoms. The molecule has 0 saturated heterocycles. The SMILES string of the molecule is [B]c1c([B])c([B])c(C([B])([B])S(=O)(=O)OC2=C(N)OC(c3c([B])c([B])c(C(F)(F)F)c([B])c3[B])C2=O)c([B])c1[B]. The molecule has 2 N–H and O–H groups in total. The van der Waals surface area contributed by atoms with Crippen molar-refractivity contribution in [3.05, 3.63) is 28.3 Å². The molecule has 1 aliphatic heterocycles. The van der Waals surface area contributed by atoms with Crippen LogP contribution in [0.15, 0.2) is 11.6 Å². The lowest BCUT2D eigenvalue weighted by atomic mass is 9.53. The van der Waals surface area contributed by atoms with E-state index in [1.807, 2.05) is 0 Å². The molecule has 0 amide bonds. The summed E-state index contributed by atoms with van der Waals surface area (Å²) in [6.45, 7) is 0. The molecular weight excluding hydrogens is 518 g/mol. The number of carbonyl (C=O) groups excluding carboxylic acids is 1. The first-order valence-corrected chi connectivity index (χ1v) is 11.6. The van der Waals surface area contributed by atoms with Crippen LogP contribution < -0.4 is 54.9 Å². The van der Waals surface area contributed by atoms with E-state index in [1.165, 1.54) is 0 Å². The summed E-state index contributed by atoms with van der Waals surface area (Å²) in [6.07, 6.45) is -7.11. The van der Waals surface area contributed by atoms with Crippen LogP contribution in [0.3, 0.4) is 0 Å². The van der Waals surface area contributed by atoms with Gasteiger partial charge in [0.2, 0.25) is 17.4 Å². The maximum atomic E-state index is 13.4. The van der Waals surface area contributed by atoms with Crippen molar-refractivity contribution in [1.29, 1.82) is 0 Å². The molecule has 1 unspecified atom stereocenters. The molecule has 0 saturated carbocycles. The van der Waals surface area contributed by atoms with Gasteiger partial charge in [-0.25, -0.2) is 0 Å². The number of halogens is 3. The van der Waals surface area contributed by atoms with Gasteiger partial charge in [-0.05, 0) is 5.56 Å². The van der Waals surface area contributed by atoms with E-state index in [-0.39, 0.29) is 5.46 Å². The van der Waals surface area contributed by atoms with Crippen molar-refractivity contribution in [1.82, 2.24) is 0 Å². The number of hydrogen-bond donors (Lipinski definition) is 1. The van der Waals surface area contributed by atoms with Crippen LogP contribution in [0.4, 0.5) is 13.2 Å². The van der Waals surface area contributed by atoms with E-state index in [4.69, 9.17) is 101 Å². The molecule has 3 rings (SSSR count).